The van der Waals surface area contributed by atoms with Gasteiger partial charge in [-0.05, 0) is 43.5 Å². The molecule has 0 aromatic heterocycles. The Morgan fingerprint density at radius 1 is 1.24 bits per heavy atom. The number of nitrogens with zero attached hydrogens (tertiary/aromatic N) is 1. The van der Waals surface area contributed by atoms with Crippen LogP contribution in [0.15, 0.2) is 24.3 Å². The van der Waals surface area contributed by atoms with Crippen LogP contribution in [-0.4, -0.2) is 19.0 Å². The number of hydrogen-bond donors (Lipinski definition) is 1. The van der Waals surface area contributed by atoms with Crippen molar-refractivity contribution in [1.82, 2.24) is 0 Å². The number of carbonyl (C=O) groups excluding carboxylic acids is 1. The summed E-state index contributed by atoms with van der Waals surface area (Å²) < 4.78 is 0. The van der Waals surface area contributed by atoms with Gasteiger partial charge in [-0.2, -0.15) is 0 Å². The minimum atomic E-state index is 0.255. The van der Waals surface area contributed by atoms with Gasteiger partial charge in [-0.3, -0.25) is 4.79 Å². The van der Waals surface area contributed by atoms with Gasteiger partial charge in [0.05, 0.1) is 0 Å². The van der Waals surface area contributed by atoms with Crippen LogP contribution in [0.4, 0.5) is 11.4 Å². The van der Waals surface area contributed by atoms with Gasteiger partial charge in [0.15, 0.2) is 0 Å². The van der Waals surface area contributed by atoms with Crippen molar-refractivity contribution < 1.29 is 4.79 Å². The number of amides is 1. The van der Waals surface area contributed by atoms with E-state index in [2.05, 4.69) is 12.2 Å². The van der Waals surface area contributed by atoms with E-state index >= 15 is 0 Å². The van der Waals surface area contributed by atoms with Gasteiger partial charge < -0.3 is 10.2 Å². The quantitative estimate of drug-likeness (QED) is 0.865. The number of anilines is 2. The predicted molar refractivity (Wildman–Crippen MR) is 71.4 cm³/mol. The van der Waals surface area contributed by atoms with Crippen molar-refractivity contribution in [2.24, 2.45) is 0 Å². The minimum absolute atomic E-state index is 0.255. The van der Waals surface area contributed by atoms with Gasteiger partial charge in [-0.1, -0.05) is 6.92 Å². The first kappa shape index (κ1) is 12.0. The first-order chi connectivity index (χ1) is 8.31. The fraction of sp³-hybridized carbons (Fsp3) is 0.500. The SMILES string of the molecule is CCCNc1ccc(N2CCCCC2=O)cc1. The Balaban J connectivity index is 2.03. The van der Waals surface area contributed by atoms with Gasteiger partial charge in [0.25, 0.3) is 0 Å². The van der Waals surface area contributed by atoms with Crippen LogP contribution < -0.4 is 10.2 Å². The Morgan fingerprint density at radius 3 is 2.65 bits per heavy atom. The highest BCUT2D eigenvalue weighted by Crippen LogP contribution is 2.22. The Bertz CT molecular complexity index is 372. The smallest absolute Gasteiger partial charge is 0.226 e. The fourth-order valence-electron chi connectivity index (χ4n) is 2.11. The Kier molecular flexibility index (Phi) is 4.02. The molecule has 1 fully saturated rings. The van der Waals surface area contributed by atoms with Crippen LogP contribution in [-0.2, 0) is 4.79 Å². The third-order valence-electron chi connectivity index (χ3n) is 3.08. The van der Waals surface area contributed by atoms with Gasteiger partial charge in [0, 0.05) is 30.9 Å². The van der Waals surface area contributed by atoms with Gasteiger partial charge in [-0.25, -0.2) is 0 Å². The molecule has 1 aliphatic heterocycles. The molecule has 0 aliphatic carbocycles. The zero-order chi connectivity index (χ0) is 12.1. The summed E-state index contributed by atoms with van der Waals surface area (Å²) in [6.45, 7) is 4.00. The number of piperidine rings is 1. The molecule has 2 rings (SSSR count). The van der Waals surface area contributed by atoms with E-state index in [1.165, 1.54) is 0 Å². The molecule has 0 atom stereocenters. The normalized spacial score (nSPS) is 16.1. The molecule has 1 aromatic rings. The first-order valence-electron chi connectivity index (χ1n) is 6.45. The molecule has 1 amide bonds. The molecule has 0 spiro atoms. The van der Waals surface area contributed by atoms with Gasteiger partial charge in [-0.15, -0.1) is 0 Å². The lowest BCUT2D eigenvalue weighted by atomic mass is 10.1. The molecule has 0 radical (unpaired) electrons. The standard InChI is InChI=1S/C14H20N2O/c1-2-10-15-12-6-8-13(9-7-12)16-11-4-3-5-14(16)17/h6-9,15H,2-5,10-11H2,1H3. The van der Waals surface area contributed by atoms with Crippen LogP contribution in [0.2, 0.25) is 0 Å². The van der Waals surface area contributed by atoms with E-state index in [1.807, 2.05) is 29.2 Å². The highest BCUT2D eigenvalue weighted by Gasteiger charge is 2.19. The molecule has 1 N–H and O–H groups in total. The minimum Gasteiger partial charge on any atom is -0.385 e. The van der Waals surface area contributed by atoms with Crippen LogP contribution >= 0.6 is 0 Å². The van der Waals surface area contributed by atoms with E-state index in [1.54, 1.807) is 0 Å². The maximum Gasteiger partial charge on any atom is 0.226 e. The van der Waals surface area contributed by atoms with E-state index in [9.17, 15) is 4.79 Å². The van der Waals surface area contributed by atoms with Crippen molar-refractivity contribution in [2.75, 3.05) is 23.3 Å². The van der Waals surface area contributed by atoms with Gasteiger partial charge >= 0.3 is 0 Å². The van der Waals surface area contributed by atoms with Crippen LogP contribution in [0.3, 0.4) is 0 Å². The van der Waals surface area contributed by atoms with E-state index in [4.69, 9.17) is 0 Å². The summed E-state index contributed by atoms with van der Waals surface area (Å²) in [6, 6.07) is 8.15. The molecule has 17 heavy (non-hydrogen) atoms. The zero-order valence-corrected chi connectivity index (χ0v) is 10.4. The van der Waals surface area contributed by atoms with Crippen molar-refractivity contribution in [3.05, 3.63) is 24.3 Å². The number of benzene rings is 1. The van der Waals surface area contributed by atoms with Crippen LogP contribution in [0, 0.1) is 0 Å². The monoisotopic (exact) mass is 232 g/mol. The molecule has 1 aromatic carbocycles. The number of carbonyl (C=O) groups is 1. The molecule has 0 bridgehead atoms. The largest absolute Gasteiger partial charge is 0.385 e. The molecule has 92 valence electrons. The van der Waals surface area contributed by atoms with Crippen molar-refractivity contribution in [2.45, 2.75) is 32.6 Å². The van der Waals surface area contributed by atoms with Crippen molar-refractivity contribution in [3.8, 4) is 0 Å². The summed E-state index contributed by atoms with van der Waals surface area (Å²) in [5.74, 6) is 0.255. The van der Waals surface area contributed by atoms with Crippen LogP contribution in [0.5, 0.6) is 0 Å². The second-order valence-corrected chi connectivity index (χ2v) is 4.48. The van der Waals surface area contributed by atoms with Gasteiger partial charge in [0.2, 0.25) is 5.91 Å². The maximum absolute atomic E-state index is 11.8. The average molecular weight is 232 g/mol. The third-order valence-corrected chi connectivity index (χ3v) is 3.08. The molecule has 3 heteroatoms. The molecule has 0 unspecified atom stereocenters. The molecule has 3 nitrogen and oxygen atoms in total. The van der Waals surface area contributed by atoms with Crippen molar-refractivity contribution in [3.63, 3.8) is 0 Å². The molecule has 1 aliphatic rings. The Labute approximate surface area is 103 Å². The Morgan fingerprint density at radius 2 is 2.00 bits per heavy atom. The fourth-order valence-corrected chi connectivity index (χ4v) is 2.11. The summed E-state index contributed by atoms with van der Waals surface area (Å²) in [7, 11) is 0. The zero-order valence-electron chi connectivity index (χ0n) is 10.4. The van der Waals surface area contributed by atoms with E-state index in [0.29, 0.717) is 6.42 Å². The lowest BCUT2D eigenvalue weighted by Crippen LogP contribution is -2.35. The van der Waals surface area contributed by atoms with Crippen LogP contribution in [0.1, 0.15) is 32.6 Å². The highest BCUT2D eigenvalue weighted by atomic mass is 16.2. The lowest BCUT2D eigenvalue weighted by Gasteiger charge is -2.26. The summed E-state index contributed by atoms with van der Waals surface area (Å²) in [5.41, 5.74) is 2.15. The predicted octanol–water partition coefficient (Wildman–Crippen LogP) is 3.03. The average Bonchev–Trinajstić information content (AvgIpc) is 2.38. The molecule has 0 saturated carbocycles. The molecule has 1 saturated heterocycles. The van der Waals surface area contributed by atoms with Gasteiger partial charge in [0.1, 0.15) is 0 Å². The third kappa shape index (κ3) is 2.99. The van der Waals surface area contributed by atoms with E-state index in [0.717, 1.165) is 43.7 Å². The topological polar surface area (TPSA) is 32.3 Å². The lowest BCUT2D eigenvalue weighted by molar-refractivity contribution is -0.119. The maximum atomic E-state index is 11.8. The molecule has 1 heterocycles. The first-order valence-corrected chi connectivity index (χ1v) is 6.45. The number of nitrogens with one attached hydrogen (secondary N) is 1. The van der Waals surface area contributed by atoms with Crippen LogP contribution in [0.25, 0.3) is 0 Å². The number of hydrogen-bond acceptors (Lipinski definition) is 2. The summed E-state index contributed by atoms with van der Waals surface area (Å²) in [6.07, 6.45) is 3.95. The van der Waals surface area contributed by atoms with Crippen molar-refractivity contribution in [1.29, 1.82) is 0 Å². The second kappa shape index (κ2) is 5.71. The molecular formula is C14H20N2O. The highest BCUT2D eigenvalue weighted by molar-refractivity contribution is 5.94. The van der Waals surface area contributed by atoms with E-state index < -0.39 is 0 Å². The Hall–Kier alpha value is -1.51. The summed E-state index contributed by atoms with van der Waals surface area (Å²) in [5, 5.41) is 3.33. The second-order valence-electron chi connectivity index (χ2n) is 4.48. The summed E-state index contributed by atoms with van der Waals surface area (Å²) in [4.78, 5) is 13.7. The summed E-state index contributed by atoms with van der Waals surface area (Å²) >= 11 is 0. The van der Waals surface area contributed by atoms with E-state index in [-0.39, 0.29) is 5.91 Å². The molecular weight excluding hydrogens is 212 g/mol. The van der Waals surface area contributed by atoms with Crippen molar-refractivity contribution >= 4 is 17.3 Å². The number of rotatable bonds is 4.